The summed E-state index contributed by atoms with van der Waals surface area (Å²) in [6.07, 6.45) is -0.351. The minimum atomic E-state index is -0.567. The molecule has 0 fully saturated rings. The summed E-state index contributed by atoms with van der Waals surface area (Å²) in [5, 5.41) is 11.6. The number of halogens is 1. The van der Waals surface area contributed by atoms with Gasteiger partial charge < -0.3 is 10.4 Å². The summed E-state index contributed by atoms with van der Waals surface area (Å²) in [5.41, 5.74) is 0.541. The first-order chi connectivity index (χ1) is 8.00. The van der Waals surface area contributed by atoms with Gasteiger partial charge in [-0.3, -0.25) is 4.79 Å². The van der Waals surface area contributed by atoms with Crippen molar-refractivity contribution in [3.63, 3.8) is 0 Å². The Hall–Kier alpha value is -1.42. The number of carbonyl (C=O) groups excluding carboxylic acids is 1. The van der Waals surface area contributed by atoms with Crippen LogP contribution in [-0.2, 0) is 4.79 Å². The van der Waals surface area contributed by atoms with Crippen molar-refractivity contribution in [2.75, 3.05) is 6.54 Å². The Labute approximate surface area is 101 Å². The van der Waals surface area contributed by atoms with Gasteiger partial charge in [0.1, 0.15) is 5.82 Å². The first kappa shape index (κ1) is 13.6. The Morgan fingerprint density at radius 1 is 1.41 bits per heavy atom. The van der Waals surface area contributed by atoms with Crippen molar-refractivity contribution in [1.29, 1.82) is 0 Å². The van der Waals surface area contributed by atoms with E-state index in [0.717, 1.165) is 0 Å². The van der Waals surface area contributed by atoms with Gasteiger partial charge in [-0.2, -0.15) is 0 Å². The summed E-state index contributed by atoms with van der Waals surface area (Å²) in [4.78, 5) is 11.5. The molecule has 0 heterocycles. The highest BCUT2D eigenvalue weighted by molar-refractivity contribution is 5.76. The first-order valence-corrected chi connectivity index (χ1v) is 5.70. The molecule has 1 rings (SSSR count). The highest BCUT2D eigenvalue weighted by Gasteiger charge is 2.14. The molecule has 0 spiro atoms. The predicted molar refractivity (Wildman–Crippen MR) is 64.1 cm³/mol. The molecule has 0 radical (unpaired) electrons. The number of aliphatic hydroxyl groups is 1. The molecule has 1 amide bonds. The van der Waals surface area contributed by atoms with E-state index < -0.39 is 6.10 Å². The fraction of sp³-hybridized carbons (Fsp3) is 0.462. The third-order valence-electron chi connectivity index (χ3n) is 2.52. The van der Waals surface area contributed by atoms with Gasteiger partial charge in [0.25, 0.3) is 0 Å². The molecule has 4 heteroatoms. The van der Waals surface area contributed by atoms with Gasteiger partial charge in [0.05, 0.1) is 6.10 Å². The van der Waals surface area contributed by atoms with Gasteiger partial charge >= 0.3 is 0 Å². The van der Waals surface area contributed by atoms with Crippen molar-refractivity contribution in [1.82, 2.24) is 5.32 Å². The molecule has 1 aromatic carbocycles. The Kier molecular flexibility index (Phi) is 5.10. The molecule has 2 atom stereocenters. The van der Waals surface area contributed by atoms with Gasteiger partial charge in [0.2, 0.25) is 5.91 Å². The smallest absolute Gasteiger partial charge is 0.220 e. The fourth-order valence-corrected chi connectivity index (χ4v) is 1.60. The number of benzene rings is 1. The summed E-state index contributed by atoms with van der Waals surface area (Å²) in [6.45, 7) is 3.63. The predicted octanol–water partition coefficient (Wildman–Crippen LogP) is 1.82. The van der Waals surface area contributed by atoms with Crippen LogP contribution in [0.25, 0.3) is 0 Å². The van der Waals surface area contributed by atoms with Crippen molar-refractivity contribution >= 4 is 5.91 Å². The number of nitrogens with one attached hydrogen (secondary N) is 1. The van der Waals surface area contributed by atoms with E-state index in [-0.39, 0.29) is 30.6 Å². The normalized spacial score (nSPS) is 14.1. The molecule has 0 aliphatic rings. The van der Waals surface area contributed by atoms with Crippen LogP contribution in [-0.4, -0.2) is 23.7 Å². The molecule has 17 heavy (non-hydrogen) atoms. The molecule has 0 aromatic heterocycles. The standard InChI is InChI=1S/C13H18FNO2/c1-9(7-13(17)15-8-10(2)16)11-5-3-4-6-12(11)14/h3-6,9-10,16H,7-8H2,1-2H3,(H,15,17). The monoisotopic (exact) mass is 239 g/mol. The molecular weight excluding hydrogens is 221 g/mol. The maximum Gasteiger partial charge on any atom is 0.220 e. The average Bonchev–Trinajstić information content (AvgIpc) is 2.26. The Balaban J connectivity index is 2.52. The average molecular weight is 239 g/mol. The van der Waals surface area contributed by atoms with Crippen molar-refractivity contribution in [3.8, 4) is 0 Å². The Morgan fingerprint density at radius 3 is 2.65 bits per heavy atom. The number of carbonyl (C=O) groups is 1. The first-order valence-electron chi connectivity index (χ1n) is 5.70. The Bertz CT molecular complexity index is 379. The minimum absolute atomic E-state index is 0.176. The number of rotatable bonds is 5. The van der Waals surface area contributed by atoms with E-state index in [1.807, 2.05) is 0 Å². The van der Waals surface area contributed by atoms with Gasteiger partial charge in [0.15, 0.2) is 0 Å². The third-order valence-corrected chi connectivity index (χ3v) is 2.52. The van der Waals surface area contributed by atoms with Gasteiger partial charge in [0, 0.05) is 13.0 Å². The van der Waals surface area contributed by atoms with E-state index in [1.54, 1.807) is 32.0 Å². The maximum atomic E-state index is 13.4. The van der Waals surface area contributed by atoms with Gasteiger partial charge in [-0.1, -0.05) is 25.1 Å². The second-order valence-corrected chi connectivity index (χ2v) is 4.28. The number of hydrogen-bond donors (Lipinski definition) is 2. The molecule has 1 aromatic rings. The lowest BCUT2D eigenvalue weighted by Crippen LogP contribution is -2.31. The van der Waals surface area contributed by atoms with E-state index in [2.05, 4.69) is 5.32 Å². The van der Waals surface area contributed by atoms with Crippen LogP contribution in [0.3, 0.4) is 0 Å². The van der Waals surface area contributed by atoms with E-state index in [9.17, 15) is 9.18 Å². The summed E-state index contributed by atoms with van der Waals surface area (Å²) in [6, 6.07) is 6.45. The summed E-state index contributed by atoms with van der Waals surface area (Å²) >= 11 is 0. The van der Waals surface area contributed by atoms with Crippen LogP contribution < -0.4 is 5.32 Å². The topological polar surface area (TPSA) is 49.3 Å². The number of hydrogen-bond acceptors (Lipinski definition) is 2. The zero-order chi connectivity index (χ0) is 12.8. The van der Waals surface area contributed by atoms with Gasteiger partial charge in [-0.15, -0.1) is 0 Å². The van der Waals surface area contributed by atoms with Crippen molar-refractivity contribution < 1.29 is 14.3 Å². The van der Waals surface area contributed by atoms with Crippen molar-refractivity contribution in [2.24, 2.45) is 0 Å². The third kappa shape index (κ3) is 4.53. The molecule has 2 unspecified atom stereocenters. The van der Waals surface area contributed by atoms with E-state index in [4.69, 9.17) is 5.11 Å². The molecule has 3 nitrogen and oxygen atoms in total. The van der Waals surface area contributed by atoms with E-state index >= 15 is 0 Å². The number of amides is 1. The maximum absolute atomic E-state index is 13.4. The van der Waals surface area contributed by atoms with Gasteiger partial charge in [-0.25, -0.2) is 4.39 Å². The highest BCUT2D eigenvalue weighted by atomic mass is 19.1. The lowest BCUT2D eigenvalue weighted by atomic mass is 9.97. The quantitative estimate of drug-likeness (QED) is 0.823. The lowest BCUT2D eigenvalue weighted by molar-refractivity contribution is -0.121. The van der Waals surface area contributed by atoms with Crippen LogP contribution in [0.1, 0.15) is 31.7 Å². The molecule has 2 N–H and O–H groups in total. The van der Waals surface area contributed by atoms with Crippen LogP contribution in [0.2, 0.25) is 0 Å². The van der Waals surface area contributed by atoms with Crippen LogP contribution in [0.5, 0.6) is 0 Å². The summed E-state index contributed by atoms with van der Waals surface area (Å²) in [7, 11) is 0. The van der Waals surface area contributed by atoms with Crippen LogP contribution in [0.4, 0.5) is 4.39 Å². The van der Waals surface area contributed by atoms with Crippen LogP contribution in [0, 0.1) is 5.82 Å². The van der Waals surface area contributed by atoms with Gasteiger partial charge in [-0.05, 0) is 24.5 Å². The fourth-order valence-electron chi connectivity index (χ4n) is 1.60. The number of aliphatic hydroxyl groups excluding tert-OH is 1. The van der Waals surface area contributed by atoms with Crippen LogP contribution >= 0.6 is 0 Å². The molecular formula is C13H18FNO2. The van der Waals surface area contributed by atoms with E-state index in [1.165, 1.54) is 6.07 Å². The second kappa shape index (κ2) is 6.35. The zero-order valence-corrected chi connectivity index (χ0v) is 10.1. The molecule has 0 saturated heterocycles. The second-order valence-electron chi connectivity index (χ2n) is 4.28. The summed E-state index contributed by atoms with van der Waals surface area (Å²) < 4.78 is 13.4. The molecule has 0 bridgehead atoms. The molecule has 0 aliphatic carbocycles. The lowest BCUT2D eigenvalue weighted by Gasteiger charge is -2.13. The minimum Gasteiger partial charge on any atom is -0.392 e. The zero-order valence-electron chi connectivity index (χ0n) is 10.1. The van der Waals surface area contributed by atoms with E-state index in [0.29, 0.717) is 5.56 Å². The molecule has 0 saturated carbocycles. The van der Waals surface area contributed by atoms with Crippen molar-refractivity contribution in [2.45, 2.75) is 32.3 Å². The SMILES string of the molecule is CC(O)CNC(=O)CC(C)c1ccccc1F. The summed E-state index contributed by atoms with van der Waals surface area (Å²) in [5.74, 6) is -0.643. The molecule has 0 aliphatic heterocycles. The highest BCUT2D eigenvalue weighted by Crippen LogP contribution is 2.21. The molecule has 94 valence electrons. The van der Waals surface area contributed by atoms with Crippen molar-refractivity contribution in [3.05, 3.63) is 35.6 Å². The van der Waals surface area contributed by atoms with Crippen LogP contribution in [0.15, 0.2) is 24.3 Å². The Morgan fingerprint density at radius 2 is 2.06 bits per heavy atom. The largest absolute Gasteiger partial charge is 0.392 e.